The molecule has 0 saturated carbocycles. The average Bonchev–Trinajstić information content (AvgIpc) is 2.76. The van der Waals surface area contributed by atoms with Crippen molar-refractivity contribution in [2.45, 2.75) is 32.6 Å². The van der Waals surface area contributed by atoms with E-state index in [1.165, 1.54) is 26.4 Å². The van der Waals surface area contributed by atoms with Crippen molar-refractivity contribution < 1.29 is 0 Å². The fourth-order valence-corrected chi connectivity index (χ4v) is 3.38. The Morgan fingerprint density at radius 2 is 1.94 bits per heavy atom. The zero-order chi connectivity index (χ0) is 12.4. The number of thiophene rings is 1. The number of alkyl halides is 1. The van der Waals surface area contributed by atoms with E-state index in [4.69, 9.17) is 11.6 Å². The monoisotopic (exact) mass is 264 g/mol. The topological polar surface area (TPSA) is 0 Å². The predicted molar refractivity (Wildman–Crippen MR) is 77.3 cm³/mol. The molecule has 90 valence electrons. The van der Waals surface area contributed by atoms with E-state index in [2.05, 4.69) is 51.1 Å². The van der Waals surface area contributed by atoms with Gasteiger partial charge in [-0.1, -0.05) is 30.7 Å². The fourth-order valence-electron chi connectivity index (χ4n) is 1.98. The molecule has 2 rings (SSSR count). The Bertz CT molecular complexity index is 513. The molecule has 1 aromatic carbocycles. The lowest BCUT2D eigenvalue weighted by atomic mass is 10.0. The van der Waals surface area contributed by atoms with E-state index in [1.54, 1.807) is 0 Å². The van der Waals surface area contributed by atoms with Gasteiger partial charge in [-0.25, -0.2) is 0 Å². The number of halogens is 1. The van der Waals surface area contributed by atoms with Gasteiger partial charge in [-0.3, -0.25) is 0 Å². The molecule has 1 atom stereocenters. The molecule has 0 bridgehead atoms. The van der Waals surface area contributed by atoms with Crippen molar-refractivity contribution in [3.05, 3.63) is 56.8 Å². The van der Waals surface area contributed by atoms with Gasteiger partial charge in [0, 0.05) is 9.75 Å². The van der Waals surface area contributed by atoms with Gasteiger partial charge in [0.1, 0.15) is 0 Å². The summed E-state index contributed by atoms with van der Waals surface area (Å²) >= 11 is 8.39. The summed E-state index contributed by atoms with van der Waals surface area (Å²) in [5.74, 6) is 0. The van der Waals surface area contributed by atoms with E-state index in [0.29, 0.717) is 0 Å². The Balaban J connectivity index is 2.33. The SMILES string of the molecule is CCc1ccc(C(Cl)c2ccc(C)cc2C)s1. The van der Waals surface area contributed by atoms with Crippen molar-refractivity contribution in [1.29, 1.82) is 0 Å². The molecule has 0 saturated heterocycles. The van der Waals surface area contributed by atoms with Crippen molar-refractivity contribution in [1.82, 2.24) is 0 Å². The van der Waals surface area contributed by atoms with Gasteiger partial charge in [0.2, 0.25) is 0 Å². The molecular weight excluding hydrogens is 248 g/mol. The van der Waals surface area contributed by atoms with E-state index >= 15 is 0 Å². The van der Waals surface area contributed by atoms with Gasteiger partial charge >= 0.3 is 0 Å². The molecule has 2 heteroatoms. The van der Waals surface area contributed by atoms with Crippen molar-refractivity contribution >= 4 is 22.9 Å². The zero-order valence-corrected chi connectivity index (χ0v) is 12.0. The van der Waals surface area contributed by atoms with Gasteiger partial charge in [0.05, 0.1) is 5.38 Å². The molecule has 0 amide bonds. The van der Waals surface area contributed by atoms with E-state index in [-0.39, 0.29) is 5.38 Å². The van der Waals surface area contributed by atoms with Crippen LogP contribution in [-0.2, 0) is 6.42 Å². The fraction of sp³-hybridized carbons (Fsp3) is 0.333. The average molecular weight is 265 g/mol. The summed E-state index contributed by atoms with van der Waals surface area (Å²) in [5.41, 5.74) is 3.79. The smallest absolute Gasteiger partial charge is 0.0930 e. The third-order valence-corrected chi connectivity index (χ3v) is 4.87. The number of hydrogen-bond acceptors (Lipinski definition) is 1. The summed E-state index contributed by atoms with van der Waals surface area (Å²) < 4.78 is 0. The van der Waals surface area contributed by atoms with Crippen LogP contribution in [0.2, 0.25) is 0 Å². The second-order valence-electron chi connectivity index (χ2n) is 4.38. The largest absolute Gasteiger partial charge is 0.143 e. The minimum Gasteiger partial charge on any atom is -0.143 e. The summed E-state index contributed by atoms with van der Waals surface area (Å²) in [5, 5.41) is -0.0131. The van der Waals surface area contributed by atoms with Gasteiger partial charge in [-0.15, -0.1) is 22.9 Å². The highest BCUT2D eigenvalue weighted by molar-refractivity contribution is 7.12. The van der Waals surface area contributed by atoms with E-state index in [9.17, 15) is 0 Å². The standard InChI is InChI=1S/C15H17ClS/c1-4-12-6-8-14(17-12)15(16)13-7-5-10(2)9-11(13)3/h5-9,15H,4H2,1-3H3. The quantitative estimate of drug-likeness (QED) is 0.664. The Labute approximate surface area is 112 Å². The van der Waals surface area contributed by atoms with Gasteiger partial charge in [0.15, 0.2) is 0 Å². The molecule has 0 nitrogen and oxygen atoms in total. The molecule has 0 aliphatic heterocycles. The van der Waals surface area contributed by atoms with Crippen molar-refractivity contribution in [3.8, 4) is 0 Å². The molecule has 0 aliphatic carbocycles. The second-order valence-corrected chi connectivity index (χ2v) is 6.02. The number of hydrogen-bond donors (Lipinski definition) is 0. The van der Waals surface area contributed by atoms with Crippen LogP contribution in [0, 0.1) is 13.8 Å². The molecule has 17 heavy (non-hydrogen) atoms. The van der Waals surface area contributed by atoms with Crippen LogP contribution in [0.25, 0.3) is 0 Å². The highest BCUT2D eigenvalue weighted by Crippen LogP contribution is 2.35. The first-order valence-corrected chi connectivity index (χ1v) is 7.17. The van der Waals surface area contributed by atoms with Crippen LogP contribution in [0.5, 0.6) is 0 Å². The normalized spacial score (nSPS) is 12.7. The van der Waals surface area contributed by atoms with Crippen molar-refractivity contribution in [3.63, 3.8) is 0 Å². The highest BCUT2D eigenvalue weighted by Gasteiger charge is 2.15. The highest BCUT2D eigenvalue weighted by atomic mass is 35.5. The molecule has 1 unspecified atom stereocenters. The predicted octanol–water partition coefficient (Wildman–Crippen LogP) is 5.26. The van der Waals surface area contributed by atoms with Crippen LogP contribution < -0.4 is 0 Å². The van der Waals surface area contributed by atoms with Crippen LogP contribution in [0.1, 0.15) is 38.7 Å². The Morgan fingerprint density at radius 3 is 2.53 bits per heavy atom. The van der Waals surface area contributed by atoms with Crippen LogP contribution in [0.15, 0.2) is 30.3 Å². The van der Waals surface area contributed by atoms with E-state index in [1.807, 2.05) is 11.3 Å². The maximum Gasteiger partial charge on any atom is 0.0930 e. The van der Waals surface area contributed by atoms with E-state index in [0.717, 1.165) is 6.42 Å². The second kappa shape index (κ2) is 5.24. The van der Waals surface area contributed by atoms with Gasteiger partial charge in [-0.2, -0.15) is 0 Å². The molecule has 0 spiro atoms. The van der Waals surface area contributed by atoms with E-state index < -0.39 is 0 Å². The summed E-state index contributed by atoms with van der Waals surface area (Å²) in [6, 6.07) is 10.8. The molecule has 0 fully saturated rings. The molecule has 2 aromatic rings. The first kappa shape index (κ1) is 12.7. The third kappa shape index (κ3) is 2.72. The third-order valence-electron chi connectivity index (χ3n) is 2.98. The maximum atomic E-state index is 6.57. The molecule has 1 aromatic heterocycles. The molecule has 1 heterocycles. The summed E-state index contributed by atoms with van der Waals surface area (Å²) in [7, 11) is 0. The lowest BCUT2D eigenvalue weighted by Gasteiger charge is -2.11. The summed E-state index contributed by atoms with van der Waals surface area (Å²) in [6.07, 6.45) is 1.08. The number of benzene rings is 1. The minimum atomic E-state index is -0.0131. The Morgan fingerprint density at radius 1 is 1.18 bits per heavy atom. The van der Waals surface area contributed by atoms with Crippen molar-refractivity contribution in [2.75, 3.05) is 0 Å². The van der Waals surface area contributed by atoms with Crippen LogP contribution in [0.3, 0.4) is 0 Å². The van der Waals surface area contributed by atoms with Crippen LogP contribution in [-0.4, -0.2) is 0 Å². The first-order valence-electron chi connectivity index (χ1n) is 5.91. The molecule has 0 N–H and O–H groups in total. The molecular formula is C15H17ClS. The Hall–Kier alpha value is -0.790. The lowest BCUT2D eigenvalue weighted by Crippen LogP contribution is -1.94. The van der Waals surface area contributed by atoms with Gasteiger partial charge < -0.3 is 0 Å². The summed E-state index contributed by atoms with van der Waals surface area (Å²) in [4.78, 5) is 2.64. The van der Waals surface area contributed by atoms with Gasteiger partial charge in [0.25, 0.3) is 0 Å². The molecule has 0 radical (unpaired) electrons. The zero-order valence-electron chi connectivity index (χ0n) is 10.5. The maximum absolute atomic E-state index is 6.57. The van der Waals surface area contributed by atoms with Crippen LogP contribution >= 0.6 is 22.9 Å². The first-order chi connectivity index (χ1) is 8.11. The summed E-state index contributed by atoms with van der Waals surface area (Å²) in [6.45, 7) is 6.42. The van der Waals surface area contributed by atoms with Gasteiger partial charge in [-0.05, 0) is 43.5 Å². The lowest BCUT2D eigenvalue weighted by molar-refractivity contribution is 1.14. The molecule has 0 aliphatic rings. The number of rotatable bonds is 3. The van der Waals surface area contributed by atoms with Crippen LogP contribution in [0.4, 0.5) is 0 Å². The van der Waals surface area contributed by atoms with Crippen molar-refractivity contribution in [2.24, 2.45) is 0 Å². The Kier molecular flexibility index (Phi) is 3.90. The minimum absolute atomic E-state index is 0.0131. The number of aryl methyl sites for hydroxylation is 3.